The van der Waals surface area contributed by atoms with Gasteiger partial charge in [-0.1, -0.05) is 0 Å². The van der Waals surface area contributed by atoms with Crippen LogP contribution in [0.1, 0.15) is 24.8 Å². The van der Waals surface area contributed by atoms with E-state index in [1.807, 2.05) is 12.1 Å². The molecule has 31 heavy (non-hydrogen) atoms. The van der Waals surface area contributed by atoms with Crippen molar-refractivity contribution in [3.8, 4) is 11.5 Å². The highest BCUT2D eigenvalue weighted by atomic mass is 16.5. The van der Waals surface area contributed by atoms with Gasteiger partial charge in [-0.3, -0.25) is 0 Å². The molecule has 0 bridgehead atoms. The topological polar surface area (TPSA) is 126 Å². The minimum absolute atomic E-state index is 0.320. The number of fused-ring (bicyclic) bond motifs is 1. The van der Waals surface area contributed by atoms with Crippen molar-refractivity contribution in [3.63, 3.8) is 0 Å². The third-order valence-electron chi connectivity index (χ3n) is 5.35. The second-order valence-electron chi connectivity index (χ2n) is 7.30. The largest absolute Gasteiger partial charge is 0.493 e. The maximum absolute atomic E-state index is 11.7. The van der Waals surface area contributed by atoms with E-state index in [-0.39, 0.29) is 0 Å². The Morgan fingerprint density at radius 3 is 2.65 bits per heavy atom. The summed E-state index contributed by atoms with van der Waals surface area (Å²) in [6.07, 6.45) is 5.09. The second kappa shape index (κ2) is 8.68. The average Bonchev–Trinajstić information content (AvgIpc) is 3.16. The number of carbonyl (C=O) groups excluding carboxylic acids is 1. The van der Waals surface area contributed by atoms with Gasteiger partial charge in [-0.05, 0) is 37.0 Å². The first kappa shape index (κ1) is 20.7. The fraction of sp³-hybridized carbons (Fsp3) is 0.381. The molecule has 0 saturated heterocycles. The summed E-state index contributed by atoms with van der Waals surface area (Å²) in [7, 11) is 4.93. The summed E-state index contributed by atoms with van der Waals surface area (Å²) < 4.78 is 18.3. The number of nitrogens with one attached hydrogen (secondary N) is 2. The van der Waals surface area contributed by atoms with Crippen molar-refractivity contribution in [1.29, 1.82) is 0 Å². The van der Waals surface area contributed by atoms with Crippen LogP contribution in [0.5, 0.6) is 11.5 Å². The summed E-state index contributed by atoms with van der Waals surface area (Å²) in [4.78, 5) is 20.5. The SMILES string of the molecule is CNc1cc(Nc2cc(COC3CCC3)cc(OC)c2OC)nc2c1ncn2C(N)=O. The molecular formula is C21H26N6O4. The number of hydrogen-bond acceptors (Lipinski definition) is 8. The number of anilines is 3. The molecule has 2 heterocycles. The number of nitrogens with two attached hydrogens (primary N) is 1. The number of ether oxygens (including phenoxy) is 3. The second-order valence-corrected chi connectivity index (χ2v) is 7.30. The van der Waals surface area contributed by atoms with Crippen LogP contribution in [0.25, 0.3) is 11.2 Å². The number of amides is 1. The first-order chi connectivity index (χ1) is 15.0. The lowest BCUT2D eigenvalue weighted by Gasteiger charge is -2.26. The Morgan fingerprint density at radius 1 is 1.23 bits per heavy atom. The molecule has 4 rings (SSSR count). The Kier molecular flexibility index (Phi) is 5.81. The van der Waals surface area contributed by atoms with Gasteiger partial charge >= 0.3 is 6.03 Å². The summed E-state index contributed by atoms with van der Waals surface area (Å²) in [6, 6.07) is 4.98. The van der Waals surface area contributed by atoms with Crippen LogP contribution in [0.4, 0.5) is 22.0 Å². The van der Waals surface area contributed by atoms with E-state index in [4.69, 9.17) is 19.9 Å². The third-order valence-corrected chi connectivity index (χ3v) is 5.35. The molecule has 1 amide bonds. The lowest BCUT2D eigenvalue weighted by atomic mass is 9.96. The van der Waals surface area contributed by atoms with E-state index in [0.29, 0.717) is 52.6 Å². The zero-order valence-electron chi connectivity index (χ0n) is 17.8. The monoisotopic (exact) mass is 426 g/mol. The lowest BCUT2D eigenvalue weighted by molar-refractivity contribution is -0.00871. The zero-order valence-corrected chi connectivity index (χ0v) is 17.8. The highest BCUT2D eigenvalue weighted by Crippen LogP contribution is 2.39. The lowest BCUT2D eigenvalue weighted by Crippen LogP contribution is -2.21. The van der Waals surface area contributed by atoms with E-state index < -0.39 is 6.03 Å². The molecule has 0 atom stereocenters. The maximum atomic E-state index is 11.7. The van der Waals surface area contributed by atoms with E-state index >= 15 is 0 Å². The third kappa shape index (κ3) is 4.06. The molecule has 10 nitrogen and oxygen atoms in total. The van der Waals surface area contributed by atoms with Crippen LogP contribution in [0, 0.1) is 0 Å². The minimum atomic E-state index is -0.663. The van der Waals surface area contributed by atoms with Crippen LogP contribution in [-0.4, -0.2) is 47.9 Å². The van der Waals surface area contributed by atoms with E-state index in [9.17, 15) is 4.79 Å². The van der Waals surface area contributed by atoms with Gasteiger partial charge in [-0.2, -0.15) is 0 Å². The molecule has 1 fully saturated rings. The number of carbonyl (C=O) groups is 1. The standard InChI is InChI=1S/C21H26N6O4/c1-23-14-9-17(26-20-18(14)24-11-27(20)21(22)28)25-15-7-12(10-31-13-5-4-6-13)8-16(29-2)19(15)30-3/h7-9,11,13H,4-6,10H2,1-3H3,(H2,22,28)(H2,23,25,26). The van der Waals surface area contributed by atoms with E-state index in [2.05, 4.69) is 20.6 Å². The smallest absolute Gasteiger partial charge is 0.325 e. The molecule has 1 aliphatic rings. The Hall–Kier alpha value is -3.53. The van der Waals surface area contributed by atoms with Crippen molar-refractivity contribution in [2.45, 2.75) is 32.0 Å². The highest BCUT2D eigenvalue weighted by molar-refractivity contribution is 5.94. The van der Waals surface area contributed by atoms with Gasteiger partial charge in [0.1, 0.15) is 17.7 Å². The number of nitrogens with zero attached hydrogens (tertiary/aromatic N) is 3. The molecule has 0 spiro atoms. The Morgan fingerprint density at radius 2 is 2.03 bits per heavy atom. The molecule has 0 unspecified atom stereocenters. The molecule has 10 heteroatoms. The van der Waals surface area contributed by atoms with Gasteiger partial charge in [-0.15, -0.1) is 0 Å². The number of benzene rings is 1. The fourth-order valence-electron chi connectivity index (χ4n) is 3.49. The predicted molar refractivity (Wildman–Crippen MR) is 117 cm³/mol. The summed E-state index contributed by atoms with van der Waals surface area (Å²) in [5.74, 6) is 1.60. The van der Waals surface area contributed by atoms with Crippen molar-refractivity contribution >= 4 is 34.4 Å². The molecule has 1 saturated carbocycles. The Balaban J connectivity index is 1.72. The number of hydrogen-bond donors (Lipinski definition) is 3. The van der Waals surface area contributed by atoms with Gasteiger partial charge in [0.15, 0.2) is 17.1 Å². The molecule has 0 radical (unpaired) electrons. The summed E-state index contributed by atoms with van der Waals surface area (Å²) in [5, 5.41) is 6.34. The molecule has 3 aromatic rings. The van der Waals surface area contributed by atoms with Crippen LogP contribution in [0.2, 0.25) is 0 Å². The van der Waals surface area contributed by atoms with Crippen molar-refractivity contribution in [3.05, 3.63) is 30.1 Å². The van der Waals surface area contributed by atoms with Gasteiger partial charge in [0.05, 0.1) is 38.3 Å². The fourth-order valence-corrected chi connectivity index (χ4v) is 3.49. The highest BCUT2D eigenvalue weighted by Gasteiger charge is 2.20. The molecule has 2 aromatic heterocycles. The van der Waals surface area contributed by atoms with Crippen molar-refractivity contribution in [2.24, 2.45) is 5.73 Å². The summed E-state index contributed by atoms with van der Waals surface area (Å²) in [6.45, 7) is 0.475. The number of aromatic nitrogens is 3. The molecule has 1 aromatic carbocycles. The zero-order chi connectivity index (χ0) is 22.0. The molecule has 4 N–H and O–H groups in total. The first-order valence-corrected chi connectivity index (χ1v) is 10.0. The number of pyridine rings is 1. The van der Waals surface area contributed by atoms with Gasteiger partial charge < -0.3 is 30.6 Å². The normalized spacial score (nSPS) is 13.6. The van der Waals surface area contributed by atoms with Gasteiger partial charge in [0, 0.05) is 13.1 Å². The molecule has 1 aliphatic carbocycles. The summed E-state index contributed by atoms with van der Waals surface area (Å²) >= 11 is 0. The van der Waals surface area contributed by atoms with Crippen molar-refractivity contribution in [2.75, 3.05) is 31.9 Å². The van der Waals surface area contributed by atoms with Crippen LogP contribution in [0.3, 0.4) is 0 Å². The van der Waals surface area contributed by atoms with Crippen molar-refractivity contribution in [1.82, 2.24) is 14.5 Å². The average molecular weight is 426 g/mol. The first-order valence-electron chi connectivity index (χ1n) is 10.0. The molecule has 0 aliphatic heterocycles. The number of imidazole rings is 1. The van der Waals surface area contributed by atoms with Crippen LogP contribution in [0.15, 0.2) is 24.5 Å². The Labute approximate surface area is 179 Å². The number of primary amides is 1. The Bertz CT molecular complexity index is 1110. The van der Waals surface area contributed by atoms with Crippen molar-refractivity contribution < 1.29 is 19.0 Å². The minimum Gasteiger partial charge on any atom is -0.493 e. The maximum Gasteiger partial charge on any atom is 0.325 e. The number of rotatable bonds is 8. The molecule has 164 valence electrons. The van der Waals surface area contributed by atoms with E-state index in [0.717, 1.165) is 18.4 Å². The predicted octanol–water partition coefficient (Wildman–Crippen LogP) is 3.23. The van der Waals surface area contributed by atoms with Gasteiger partial charge in [0.2, 0.25) is 0 Å². The van der Waals surface area contributed by atoms with Crippen LogP contribution in [-0.2, 0) is 11.3 Å². The summed E-state index contributed by atoms with van der Waals surface area (Å²) in [5.41, 5.74) is 8.64. The van der Waals surface area contributed by atoms with E-state index in [1.54, 1.807) is 27.3 Å². The quantitative estimate of drug-likeness (QED) is 0.501. The van der Waals surface area contributed by atoms with Gasteiger partial charge in [0.25, 0.3) is 0 Å². The van der Waals surface area contributed by atoms with Crippen LogP contribution >= 0.6 is 0 Å². The molecular weight excluding hydrogens is 400 g/mol. The van der Waals surface area contributed by atoms with E-state index in [1.165, 1.54) is 17.3 Å². The van der Waals surface area contributed by atoms with Gasteiger partial charge in [-0.25, -0.2) is 19.3 Å². The van der Waals surface area contributed by atoms with Crippen LogP contribution < -0.4 is 25.8 Å². The number of methoxy groups -OCH3 is 2.